The van der Waals surface area contributed by atoms with Crippen molar-refractivity contribution in [2.45, 2.75) is 0 Å². The monoisotopic (exact) mass is 225 g/mol. The van der Waals surface area contributed by atoms with Gasteiger partial charge in [0.2, 0.25) is 0 Å². The van der Waals surface area contributed by atoms with Gasteiger partial charge in [0.15, 0.2) is 5.65 Å². The lowest BCUT2D eigenvalue weighted by Gasteiger charge is -2.02. The van der Waals surface area contributed by atoms with Crippen LogP contribution < -0.4 is 5.32 Å². The van der Waals surface area contributed by atoms with Crippen molar-refractivity contribution in [3.05, 3.63) is 42.7 Å². The number of hydrogen-bond donors (Lipinski definition) is 1. The van der Waals surface area contributed by atoms with E-state index in [2.05, 4.69) is 20.6 Å². The van der Waals surface area contributed by atoms with Crippen LogP contribution in [0.2, 0.25) is 0 Å². The fraction of sp³-hybridized carbons (Fsp3) is 0.0833. The number of hydrogen-bond acceptors (Lipinski definition) is 4. The molecule has 0 aliphatic rings. The molecule has 0 spiro atoms. The Hall–Kier alpha value is -2.43. The molecule has 0 bridgehead atoms. The molecule has 0 aliphatic heterocycles. The Balaban J connectivity index is 2.26. The summed E-state index contributed by atoms with van der Waals surface area (Å²) in [5.41, 5.74) is 2.66. The van der Waals surface area contributed by atoms with Crippen molar-refractivity contribution >= 4 is 16.7 Å². The fourth-order valence-electron chi connectivity index (χ4n) is 1.80. The summed E-state index contributed by atoms with van der Waals surface area (Å²) in [5.74, 6) is 0. The Kier molecular flexibility index (Phi) is 2.22. The normalized spacial score (nSPS) is 10.6. The molecular weight excluding hydrogens is 214 g/mol. The highest BCUT2D eigenvalue weighted by atomic mass is 15.3. The van der Waals surface area contributed by atoms with Gasteiger partial charge in [0.05, 0.1) is 29.2 Å². The maximum Gasteiger partial charge on any atom is 0.187 e. The van der Waals surface area contributed by atoms with Gasteiger partial charge in [0, 0.05) is 7.05 Å². The summed E-state index contributed by atoms with van der Waals surface area (Å²) in [7, 11) is 1.86. The second kappa shape index (κ2) is 3.86. The van der Waals surface area contributed by atoms with E-state index in [-0.39, 0.29) is 0 Å². The standard InChI is InChI=1S/C12H11N5/c1-13-11-8-14-16-12-10(11)7-15-17(12)9-5-3-2-4-6-9/h2-8H,1H3,(H,13,16). The molecule has 0 atom stereocenters. The van der Waals surface area contributed by atoms with Gasteiger partial charge in [-0.25, -0.2) is 4.68 Å². The number of fused-ring (bicyclic) bond motifs is 1. The molecular formula is C12H11N5. The topological polar surface area (TPSA) is 55.6 Å². The van der Waals surface area contributed by atoms with E-state index in [1.54, 1.807) is 17.1 Å². The van der Waals surface area contributed by atoms with Gasteiger partial charge in [-0.3, -0.25) is 0 Å². The lowest BCUT2D eigenvalue weighted by atomic mass is 10.3. The number of nitrogens with zero attached hydrogens (tertiary/aromatic N) is 4. The van der Waals surface area contributed by atoms with Crippen molar-refractivity contribution in [3.8, 4) is 5.69 Å². The molecule has 17 heavy (non-hydrogen) atoms. The highest BCUT2D eigenvalue weighted by molar-refractivity contribution is 5.88. The number of benzene rings is 1. The second-order valence-corrected chi connectivity index (χ2v) is 3.64. The molecule has 2 heterocycles. The fourth-order valence-corrected chi connectivity index (χ4v) is 1.80. The van der Waals surface area contributed by atoms with Gasteiger partial charge in [-0.1, -0.05) is 18.2 Å². The smallest absolute Gasteiger partial charge is 0.187 e. The first-order chi connectivity index (χ1) is 8.40. The SMILES string of the molecule is CNc1cnnc2c1cnn2-c1ccccc1. The van der Waals surface area contributed by atoms with Gasteiger partial charge in [0.1, 0.15) is 0 Å². The van der Waals surface area contributed by atoms with Crippen LogP contribution in [-0.4, -0.2) is 27.0 Å². The third kappa shape index (κ3) is 1.52. The van der Waals surface area contributed by atoms with Crippen molar-refractivity contribution in [1.29, 1.82) is 0 Å². The van der Waals surface area contributed by atoms with E-state index in [0.29, 0.717) is 0 Å². The molecule has 3 rings (SSSR count). The van der Waals surface area contributed by atoms with Gasteiger partial charge in [0.25, 0.3) is 0 Å². The molecule has 0 saturated heterocycles. The molecule has 0 amide bonds. The molecule has 0 fully saturated rings. The van der Waals surface area contributed by atoms with Crippen LogP contribution in [0.4, 0.5) is 5.69 Å². The summed E-state index contributed by atoms with van der Waals surface area (Å²) in [6.07, 6.45) is 3.49. The van der Waals surface area contributed by atoms with Crippen LogP contribution in [0.15, 0.2) is 42.7 Å². The Morgan fingerprint density at radius 3 is 2.71 bits per heavy atom. The van der Waals surface area contributed by atoms with Crippen molar-refractivity contribution < 1.29 is 0 Å². The van der Waals surface area contributed by atoms with Crippen molar-refractivity contribution in [1.82, 2.24) is 20.0 Å². The van der Waals surface area contributed by atoms with Crippen molar-refractivity contribution in [3.63, 3.8) is 0 Å². The average molecular weight is 225 g/mol. The number of para-hydroxylation sites is 1. The second-order valence-electron chi connectivity index (χ2n) is 3.64. The van der Waals surface area contributed by atoms with E-state index in [9.17, 15) is 0 Å². The quantitative estimate of drug-likeness (QED) is 0.723. The molecule has 84 valence electrons. The minimum absolute atomic E-state index is 0.753. The van der Waals surface area contributed by atoms with E-state index in [1.807, 2.05) is 37.4 Å². The van der Waals surface area contributed by atoms with Gasteiger partial charge in [-0.15, -0.1) is 5.10 Å². The molecule has 2 aromatic heterocycles. The molecule has 3 aromatic rings. The number of nitrogens with one attached hydrogen (secondary N) is 1. The molecule has 5 heteroatoms. The third-order valence-electron chi connectivity index (χ3n) is 2.64. The summed E-state index contributed by atoms with van der Waals surface area (Å²) in [6.45, 7) is 0. The van der Waals surface area contributed by atoms with Gasteiger partial charge in [-0.2, -0.15) is 10.2 Å². The van der Waals surface area contributed by atoms with Gasteiger partial charge >= 0.3 is 0 Å². The van der Waals surface area contributed by atoms with E-state index in [1.165, 1.54) is 0 Å². The third-order valence-corrected chi connectivity index (χ3v) is 2.64. The Bertz CT molecular complexity index is 644. The highest BCUT2D eigenvalue weighted by Crippen LogP contribution is 2.21. The summed E-state index contributed by atoms with van der Waals surface area (Å²) in [6, 6.07) is 9.89. The van der Waals surface area contributed by atoms with Crippen LogP contribution in [-0.2, 0) is 0 Å². The van der Waals surface area contributed by atoms with Crippen LogP contribution in [0.3, 0.4) is 0 Å². The van der Waals surface area contributed by atoms with Crippen LogP contribution in [0.25, 0.3) is 16.7 Å². The summed E-state index contributed by atoms with van der Waals surface area (Å²) < 4.78 is 1.78. The number of aromatic nitrogens is 4. The summed E-state index contributed by atoms with van der Waals surface area (Å²) in [5, 5.41) is 16.5. The van der Waals surface area contributed by atoms with E-state index < -0.39 is 0 Å². The molecule has 1 aromatic carbocycles. The number of rotatable bonds is 2. The number of anilines is 1. The van der Waals surface area contributed by atoms with Crippen molar-refractivity contribution in [2.75, 3.05) is 12.4 Å². The first-order valence-electron chi connectivity index (χ1n) is 5.33. The lowest BCUT2D eigenvalue weighted by Crippen LogP contribution is -1.99. The lowest BCUT2D eigenvalue weighted by molar-refractivity contribution is 0.880. The molecule has 5 nitrogen and oxygen atoms in total. The zero-order chi connectivity index (χ0) is 11.7. The van der Waals surface area contributed by atoms with Crippen LogP contribution in [0.1, 0.15) is 0 Å². The van der Waals surface area contributed by atoms with Crippen LogP contribution >= 0.6 is 0 Å². The Labute approximate surface area is 98.1 Å². The Morgan fingerprint density at radius 2 is 1.94 bits per heavy atom. The first kappa shape index (κ1) is 9.77. The summed E-state index contributed by atoms with van der Waals surface area (Å²) in [4.78, 5) is 0. The van der Waals surface area contributed by atoms with Crippen LogP contribution in [0.5, 0.6) is 0 Å². The molecule has 0 aliphatic carbocycles. The van der Waals surface area contributed by atoms with Crippen molar-refractivity contribution in [2.24, 2.45) is 0 Å². The van der Waals surface area contributed by atoms with E-state index in [0.717, 1.165) is 22.4 Å². The summed E-state index contributed by atoms with van der Waals surface area (Å²) >= 11 is 0. The molecule has 0 saturated carbocycles. The maximum absolute atomic E-state index is 4.35. The van der Waals surface area contributed by atoms with Gasteiger partial charge < -0.3 is 5.32 Å². The minimum atomic E-state index is 0.753. The predicted molar refractivity (Wildman–Crippen MR) is 66.2 cm³/mol. The maximum atomic E-state index is 4.35. The predicted octanol–water partition coefficient (Wildman–Crippen LogP) is 1.86. The Morgan fingerprint density at radius 1 is 1.12 bits per heavy atom. The van der Waals surface area contributed by atoms with Crippen LogP contribution in [0, 0.1) is 0 Å². The average Bonchev–Trinajstić information content (AvgIpc) is 2.83. The molecule has 1 N–H and O–H groups in total. The van der Waals surface area contributed by atoms with E-state index >= 15 is 0 Å². The highest BCUT2D eigenvalue weighted by Gasteiger charge is 2.09. The zero-order valence-electron chi connectivity index (χ0n) is 9.33. The largest absolute Gasteiger partial charge is 0.386 e. The first-order valence-corrected chi connectivity index (χ1v) is 5.33. The van der Waals surface area contributed by atoms with Gasteiger partial charge in [-0.05, 0) is 12.1 Å². The molecule has 0 radical (unpaired) electrons. The molecule has 0 unspecified atom stereocenters. The zero-order valence-corrected chi connectivity index (χ0v) is 9.33. The minimum Gasteiger partial charge on any atom is -0.386 e. The van der Waals surface area contributed by atoms with E-state index in [4.69, 9.17) is 0 Å².